The Hall–Kier alpha value is -7.94. The molecule has 11 aromatic rings. The Morgan fingerprint density at radius 1 is 0.233 bits per heavy atom. The lowest BCUT2D eigenvalue weighted by Gasteiger charge is -2.26. The summed E-state index contributed by atoms with van der Waals surface area (Å²) in [4.78, 5) is 2.33. The zero-order valence-corrected chi connectivity index (χ0v) is 33.0. The van der Waals surface area contributed by atoms with Gasteiger partial charge in [0, 0.05) is 33.4 Å². The molecule has 0 saturated carbocycles. The molecule has 0 radical (unpaired) electrons. The van der Waals surface area contributed by atoms with E-state index in [2.05, 4.69) is 252 Å². The number of anilines is 3. The molecule has 0 bridgehead atoms. The van der Waals surface area contributed by atoms with Crippen molar-refractivity contribution in [3.8, 4) is 50.2 Å². The summed E-state index contributed by atoms with van der Waals surface area (Å²) in [5.74, 6) is 0. The van der Waals surface area contributed by atoms with Crippen LogP contribution in [0.15, 0.2) is 243 Å². The topological polar surface area (TPSA) is 8.17 Å². The average Bonchev–Trinajstić information content (AvgIpc) is 3.67. The van der Waals surface area contributed by atoms with Crippen LogP contribution >= 0.6 is 0 Å². The Labute approximate surface area is 350 Å². The SMILES string of the molecule is c1ccc(-c2ccc(-c3ccc(N(c4ccccc4)c4ccc(-c5ccc(-c6ccccc6-n6c7ccccc7c7ccccc76)cc5)cc4)cc3)c3ccccc23)cc1. The van der Waals surface area contributed by atoms with Crippen molar-refractivity contribution >= 4 is 49.6 Å². The second kappa shape index (κ2) is 15.1. The Bertz CT molecular complexity index is 3220. The monoisotopic (exact) mass is 764 g/mol. The van der Waals surface area contributed by atoms with Gasteiger partial charge in [0.1, 0.15) is 0 Å². The van der Waals surface area contributed by atoms with E-state index in [1.165, 1.54) is 82.8 Å². The highest BCUT2D eigenvalue weighted by molar-refractivity contribution is 6.10. The molecule has 0 amide bonds. The molecule has 0 saturated heterocycles. The first-order valence-corrected chi connectivity index (χ1v) is 20.6. The summed E-state index contributed by atoms with van der Waals surface area (Å²) in [7, 11) is 0. The molecule has 10 aromatic carbocycles. The van der Waals surface area contributed by atoms with E-state index in [0.717, 1.165) is 17.1 Å². The van der Waals surface area contributed by atoms with Gasteiger partial charge in [0.05, 0.1) is 16.7 Å². The molecule has 0 unspecified atom stereocenters. The fourth-order valence-electron chi connectivity index (χ4n) is 8.97. The Morgan fingerprint density at radius 2 is 0.600 bits per heavy atom. The molecule has 0 aliphatic rings. The van der Waals surface area contributed by atoms with Gasteiger partial charge in [-0.1, -0.05) is 188 Å². The van der Waals surface area contributed by atoms with E-state index in [1.807, 2.05) is 0 Å². The first kappa shape index (κ1) is 35.2. The van der Waals surface area contributed by atoms with Crippen LogP contribution in [0, 0.1) is 0 Å². The van der Waals surface area contributed by atoms with Crippen LogP contribution in [0.3, 0.4) is 0 Å². The molecular formula is C58H40N2. The summed E-state index contributed by atoms with van der Waals surface area (Å²) < 4.78 is 2.41. The minimum absolute atomic E-state index is 1.10. The number of rotatable bonds is 8. The molecule has 0 N–H and O–H groups in total. The van der Waals surface area contributed by atoms with Gasteiger partial charge in [0.25, 0.3) is 0 Å². The lowest BCUT2D eigenvalue weighted by molar-refractivity contribution is 1.18. The first-order valence-electron chi connectivity index (χ1n) is 20.6. The first-order chi connectivity index (χ1) is 29.8. The van der Waals surface area contributed by atoms with Crippen LogP contribution in [0.4, 0.5) is 17.1 Å². The summed E-state index contributed by atoms with van der Waals surface area (Å²) in [5, 5.41) is 5.05. The van der Waals surface area contributed by atoms with Crippen molar-refractivity contribution in [3.63, 3.8) is 0 Å². The zero-order chi connectivity index (χ0) is 39.8. The predicted octanol–water partition coefficient (Wildman–Crippen LogP) is 16.1. The van der Waals surface area contributed by atoms with E-state index >= 15 is 0 Å². The summed E-state index contributed by atoms with van der Waals surface area (Å²) in [6.45, 7) is 0. The Kier molecular flexibility index (Phi) is 8.87. The number of para-hydroxylation sites is 4. The predicted molar refractivity (Wildman–Crippen MR) is 255 cm³/mol. The Morgan fingerprint density at radius 3 is 1.17 bits per heavy atom. The van der Waals surface area contributed by atoms with Gasteiger partial charge in [-0.25, -0.2) is 0 Å². The second-order valence-electron chi connectivity index (χ2n) is 15.3. The molecule has 0 aliphatic heterocycles. The van der Waals surface area contributed by atoms with Crippen molar-refractivity contribution in [1.82, 2.24) is 4.57 Å². The van der Waals surface area contributed by atoms with E-state index in [0.29, 0.717) is 0 Å². The minimum Gasteiger partial charge on any atom is -0.311 e. The number of hydrogen-bond acceptors (Lipinski definition) is 1. The highest BCUT2D eigenvalue weighted by Crippen LogP contribution is 2.40. The van der Waals surface area contributed by atoms with Crippen molar-refractivity contribution < 1.29 is 0 Å². The third-order valence-corrected chi connectivity index (χ3v) is 11.8. The molecule has 282 valence electrons. The third-order valence-electron chi connectivity index (χ3n) is 11.8. The van der Waals surface area contributed by atoms with Gasteiger partial charge in [0.2, 0.25) is 0 Å². The van der Waals surface area contributed by atoms with Crippen LogP contribution in [-0.2, 0) is 0 Å². The maximum Gasteiger partial charge on any atom is 0.0541 e. The van der Waals surface area contributed by atoms with Crippen LogP contribution in [0.5, 0.6) is 0 Å². The van der Waals surface area contributed by atoms with Crippen molar-refractivity contribution in [2.24, 2.45) is 0 Å². The number of nitrogens with zero attached hydrogens (tertiary/aromatic N) is 2. The molecule has 0 atom stereocenters. The van der Waals surface area contributed by atoms with E-state index in [4.69, 9.17) is 0 Å². The van der Waals surface area contributed by atoms with Gasteiger partial charge in [0.15, 0.2) is 0 Å². The molecule has 1 aromatic heterocycles. The van der Waals surface area contributed by atoms with Crippen molar-refractivity contribution in [2.75, 3.05) is 4.90 Å². The number of hydrogen-bond donors (Lipinski definition) is 0. The lowest BCUT2D eigenvalue weighted by Crippen LogP contribution is -2.09. The second-order valence-corrected chi connectivity index (χ2v) is 15.3. The quantitative estimate of drug-likeness (QED) is 0.150. The van der Waals surface area contributed by atoms with E-state index in [1.54, 1.807) is 0 Å². The molecule has 11 rings (SSSR count). The fraction of sp³-hybridized carbons (Fsp3) is 0. The third kappa shape index (κ3) is 6.23. The van der Waals surface area contributed by atoms with Crippen LogP contribution in [-0.4, -0.2) is 4.57 Å². The largest absolute Gasteiger partial charge is 0.311 e. The van der Waals surface area contributed by atoms with Gasteiger partial charge in [-0.15, -0.1) is 0 Å². The maximum absolute atomic E-state index is 2.41. The van der Waals surface area contributed by atoms with Crippen molar-refractivity contribution in [1.29, 1.82) is 0 Å². The van der Waals surface area contributed by atoms with Crippen molar-refractivity contribution in [2.45, 2.75) is 0 Å². The average molecular weight is 765 g/mol. The summed E-state index contributed by atoms with van der Waals surface area (Å²) >= 11 is 0. The van der Waals surface area contributed by atoms with Gasteiger partial charge < -0.3 is 9.47 Å². The fourth-order valence-corrected chi connectivity index (χ4v) is 8.97. The standard InChI is InChI=1S/C58H40N2/c1-3-15-43(16-4-1)49-39-40-50(53-21-8-7-20-52(49)53)44-33-37-48(38-34-44)59(46-17-5-2-6-18-46)47-35-31-42(32-36-47)41-27-29-45(30-28-41)51-19-9-12-24-56(51)60-57-25-13-10-22-54(57)55-23-11-14-26-58(55)60/h1-40H. The molecule has 0 aliphatic carbocycles. The number of fused-ring (bicyclic) bond motifs is 4. The van der Waals surface area contributed by atoms with E-state index in [9.17, 15) is 0 Å². The summed E-state index contributed by atoms with van der Waals surface area (Å²) in [6.07, 6.45) is 0. The maximum atomic E-state index is 2.41. The lowest BCUT2D eigenvalue weighted by atomic mass is 9.92. The van der Waals surface area contributed by atoms with Crippen LogP contribution in [0.2, 0.25) is 0 Å². The zero-order valence-electron chi connectivity index (χ0n) is 33.0. The molecule has 2 nitrogen and oxygen atoms in total. The highest BCUT2D eigenvalue weighted by atomic mass is 15.1. The summed E-state index contributed by atoms with van der Waals surface area (Å²) in [6, 6.07) is 87.6. The van der Waals surface area contributed by atoms with E-state index in [-0.39, 0.29) is 0 Å². The number of benzene rings is 10. The van der Waals surface area contributed by atoms with Crippen LogP contribution in [0.1, 0.15) is 0 Å². The normalized spacial score (nSPS) is 11.3. The summed E-state index contributed by atoms with van der Waals surface area (Å²) in [5.41, 5.74) is 16.6. The van der Waals surface area contributed by atoms with Crippen LogP contribution in [0.25, 0.3) is 82.8 Å². The van der Waals surface area contributed by atoms with Gasteiger partial charge in [-0.3, -0.25) is 0 Å². The molecule has 2 heteroatoms. The molecule has 60 heavy (non-hydrogen) atoms. The molecule has 0 fully saturated rings. The van der Waals surface area contributed by atoms with E-state index < -0.39 is 0 Å². The van der Waals surface area contributed by atoms with Gasteiger partial charge in [-0.05, 0) is 104 Å². The molecule has 1 heterocycles. The number of aromatic nitrogens is 1. The molecular weight excluding hydrogens is 725 g/mol. The van der Waals surface area contributed by atoms with Crippen LogP contribution < -0.4 is 4.90 Å². The van der Waals surface area contributed by atoms with Gasteiger partial charge >= 0.3 is 0 Å². The van der Waals surface area contributed by atoms with Crippen molar-refractivity contribution in [3.05, 3.63) is 243 Å². The highest BCUT2D eigenvalue weighted by Gasteiger charge is 2.17. The Balaban J connectivity index is 0.903. The smallest absolute Gasteiger partial charge is 0.0541 e. The van der Waals surface area contributed by atoms with Gasteiger partial charge in [-0.2, -0.15) is 0 Å². The minimum atomic E-state index is 1.10. The molecule has 0 spiro atoms.